The highest BCUT2D eigenvalue weighted by atomic mass is 79.9. The van der Waals surface area contributed by atoms with Gasteiger partial charge in [0.15, 0.2) is 5.75 Å². The number of hydrogen-bond donors (Lipinski definition) is 1. The molecule has 9 nitrogen and oxygen atoms in total. The zero-order valence-electron chi connectivity index (χ0n) is 18.9. The number of hydrogen-bond acceptors (Lipinski definition) is 6. The Morgan fingerprint density at radius 1 is 1.03 bits per heavy atom. The third-order valence-electron chi connectivity index (χ3n) is 5.22. The Kier molecular flexibility index (Phi) is 7.82. The van der Waals surface area contributed by atoms with E-state index >= 15 is 0 Å². The molecule has 0 saturated carbocycles. The molecule has 0 aliphatic carbocycles. The van der Waals surface area contributed by atoms with Gasteiger partial charge in [-0.25, -0.2) is 9.69 Å². The number of nitrogens with one attached hydrogen (secondary N) is 1. The number of nitro groups is 1. The van der Waals surface area contributed by atoms with E-state index in [-0.39, 0.29) is 31.0 Å². The van der Waals surface area contributed by atoms with E-state index in [1.807, 2.05) is 0 Å². The molecule has 0 spiro atoms. The second-order valence-electron chi connectivity index (χ2n) is 7.76. The first-order valence-corrected chi connectivity index (χ1v) is 12.4. The number of alkyl halides is 3. The van der Waals surface area contributed by atoms with Crippen LogP contribution in [-0.4, -0.2) is 22.8 Å². The Bertz CT molecular complexity index is 1570. The predicted octanol–water partition coefficient (Wildman–Crippen LogP) is 7.25. The molecule has 0 radical (unpaired) electrons. The lowest BCUT2D eigenvalue weighted by atomic mass is 10.1. The standard InChI is InChI=1S/C24H11Br2ClF3N3O6/c25-14-8-11(7-13-21(34)31-23(36)32(22(13)35)17-4-2-1-3-16(17)27)9-15(26)20(14)39-19-6-5-12(24(28,29)30)10-18(19)33(37)38/h1-10H,(H,31,34,36)/b13-7+. The average Bonchev–Trinajstić information content (AvgIpc) is 2.84. The monoisotopic (exact) mass is 687 g/mol. The van der Waals surface area contributed by atoms with Crippen LogP contribution in [0.5, 0.6) is 11.5 Å². The van der Waals surface area contributed by atoms with Gasteiger partial charge < -0.3 is 4.74 Å². The molecule has 200 valence electrons. The molecular weight excluding hydrogens is 679 g/mol. The molecule has 39 heavy (non-hydrogen) atoms. The van der Waals surface area contributed by atoms with Crippen LogP contribution in [0.1, 0.15) is 11.1 Å². The molecule has 15 heteroatoms. The molecule has 4 rings (SSSR count). The number of rotatable bonds is 5. The maximum absolute atomic E-state index is 13.1. The number of ether oxygens (including phenoxy) is 1. The van der Waals surface area contributed by atoms with Gasteiger partial charge in [-0.3, -0.25) is 25.0 Å². The van der Waals surface area contributed by atoms with Crippen LogP contribution in [0.2, 0.25) is 5.02 Å². The van der Waals surface area contributed by atoms with Crippen molar-refractivity contribution in [1.82, 2.24) is 5.32 Å². The summed E-state index contributed by atoms with van der Waals surface area (Å²) >= 11 is 12.6. The minimum atomic E-state index is -4.80. The second kappa shape index (κ2) is 10.8. The number of para-hydroxylation sites is 1. The number of nitrogens with zero attached hydrogens (tertiary/aromatic N) is 2. The van der Waals surface area contributed by atoms with Crippen molar-refractivity contribution in [2.45, 2.75) is 6.18 Å². The quantitative estimate of drug-likeness (QED) is 0.131. The maximum Gasteiger partial charge on any atom is 0.416 e. The van der Waals surface area contributed by atoms with E-state index in [1.165, 1.54) is 30.3 Å². The Labute approximate surface area is 238 Å². The lowest BCUT2D eigenvalue weighted by molar-refractivity contribution is -0.385. The van der Waals surface area contributed by atoms with E-state index in [0.717, 1.165) is 6.07 Å². The maximum atomic E-state index is 13.1. The van der Waals surface area contributed by atoms with Gasteiger partial charge in [0, 0.05) is 6.07 Å². The van der Waals surface area contributed by atoms with Crippen LogP contribution in [0.15, 0.2) is 69.1 Å². The number of anilines is 1. The fraction of sp³-hybridized carbons (Fsp3) is 0.0417. The molecular formula is C24H11Br2ClF3N3O6. The summed E-state index contributed by atoms with van der Waals surface area (Å²) in [5.41, 5.74) is -2.22. The highest BCUT2D eigenvalue weighted by molar-refractivity contribution is 9.11. The van der Waals surface area contributed by atoms with Gasteiger partial charge in [-0.2, -0.15) is 13.2 Å². The summed E-state index contributed by atoms with van der Waals surface area (Å²) in [5, 5.41) is 13.6. The number of barbiturate groups is 1. The van der Waals surface area contributed by atoms with Crippen molar-refractivity contribution in [3.05, 3.63) is 95.4 Å². The molecule has 1 N–H and O–H groups in total. The minimum absolute atomic E-state index is 0.0349. The third kappa shape index (κ3) is 5.82. The van der Waals surface area contributed by atoms with Crippen molar-refractivity contribution < 1.29 is 37.2 Å². The largest absolute Gasteiger partial charge is 0.448 e. The summed E-state index contributed by atoms with van der Waals surface area (Å²) in [7, 11) is 0. The van der Waals surface area contributed by atoms with Crippen LogP contribution in [0.3, 0.4) is 0 Å². The van der Waals surface area contributed by atoms with Crippen molar-refractivity contribution in [1.29, 1.82) is 0 Å². The molecule has 4 amide bonds. The number of carbonyl (C=O) groups is 3. The lowest BCUT2D eigenvalue weighted by Gasteiger charge is -2.27. The van der Waals surface area contributed by atoms with E-state index in [1.54, 1.807) is 12.1 Å². The molecule has 3 aromatic carbocycles. The molecule has 1 aliphatic rings. The van der Waals surface area contributed by atoms with E-state index in [0.29, 0.717) is 17.0 Å². The van der Waals surface area contributed by atoms with Crippen LogP contribution in [-0.2, 0) is 15.8 Å². The first kappa shape index (κ1) is 28.3. The zero-order valence-corrected chi connectivity index (χ0v) is 22.8. The second-order valence-corrected chi connectivity index (χ2v) is 9.88. The zero-order chi connectivity index (χ0) is 28.6. The summed E-state index contributed by atoms with van der Waals surface area (Å²) in [6, 6.07) is 9.64. The number of amides is 4. The van der Waals surface area contributed by atoms with E-state index in [4.69, 9.17) is 16.3 Å². The topological polar surface area (TPSA) is 119 Å². The summed E-state index contributed by atoms with van der Waals surface area (Å²) in [6.07, 6.45) is -3.61. The molecule has 1 saturated heterocycles. The van der Waals surface area contributed by atoms with Gasteiger partial charge in [-0.1, -0.05) is 23.7 Å². The van der Waals surface area contributed by atoms with Gasteiger partial charge in [0.25, 0.3) is 11.8 Å². The van der Waals surface area contributed by atoms with Crippen molar-refractivity contribution in [2.75, 3.05) is 4.90 Å². The van der Waals surface area contributed by atoms with Crippen molar-refractivity contribution in [3.63, 3.8) is 0 Å². The molecule has 0 bridgehead atoms. The fourth-order valence-corrected chi connectivity index (χ4v) is 5.07. The number of benzene rings is 3. The molecule has 0 aromatic heterocycles. The van der Waals surface area contributed by atoms with Crippen molar-refractivity contribution >= 4 is 78.8 Å². The fourth-order valence-electron chi connectivity index (χ4n) is 3.47. The minimum Gasteiger partial charge on any atom is -0.448 e. The summed E-state index contributed by atoms with van der Waals surface area (Å²) < 4.78 is 44.9. The van der Waals surface area contributed by atoms with E-state index < -0.39 is 51.5 Å². The van der Waals surface area contributed by atoms with E-state index in [9.17, 15) is 37.7 Å². The number of carbonyl (C=O) groups excluding carboxylic acids is 3. The first-order chi connectivity index (χ1) is 18.3. The Morgan fingerprint density at radius 3 is 2.26 bits per heavy atom. The van der Waals surface area contributed by atoms with Crippen molar-refractivity contribution in [2.24, 2.45) is 0 Å². The van der Waals surface area contributed by atoms with Crippen LogP contribution >= 0.6 is 43.5 Å². The van der Waals surface area contributed by atoms with E-state index in [2.05, 4.69) is 37.2 Å². The average molecular weight is 690 g/mol. The van der Waals surface area contributed by atoms with Gasteiger partial charge in [0.1, 0.15) is 5.57 Å². The van der Waals surface area contributed by atoms with Gasteiger partial charge in [-0.15, -0.1) is 0 Å². The van der Waals surface area contributed by atoms with Gasteiger partial charge >= 0.3 is 17.9 Å². The predicted molar refractivity (Wildman–Crippen MR) is 140 cm³/mol. The van der Waals surface area contributed by atoms with Crippen LogP contribution < -0.4 is 15.0 Å². The molecule has 0 atom stereocenters. The van der Waals surface area contributed by atoms with Crippen LogP contribution in [0, 0.1) is 10.1 Å². The summed E-state index contributed by atoms with van der Waals surface area (Å²) in [6.45, 7) is 0. The van der Waals surface area contributed by atoms with Gasteiger partial charge in [0.2, 0.25) is 5.75 Å². The SMILES string of the molecule is O=C1NC(=O)N(c2ccccc2Cl)C(=O)/C1=C/c1cc(Br)c(Oc2ccc(C(F)(F)F)cc2[N+](=O)[O-])c(Br)c1. The first-order valence-electron chi connectivity index (χ1n) is 10.5. The van der Waals surface area contributed by atoms with Gasteiger partial charge in [-0.05, 0) is 79.9 Å². The highest BCUT2D eigenvalue weighted by Crippen LogP contribution is 2.43. The molecule has 3 aromatic rings. The smallest absolute Gasteiger partial charge is 0.416 e. The Balaban J connectivity index is 1.69. The van der Waals surface area contributed by atoms with Crippen molar-refractivity contribution in [3.8, 4) is 11.5 Å². The Hall–Kier alpha value is -3.75. The Morgan fingerprint density at radius 2 is 1.67 bits per heavy atom. The molecule has 1 fully saturated rings. The number of urea groups is 1. The summed E-state index contributed by atoms with van der Waals surface area (Å²) in [5.74, 6) is -2.39. The molecule has 0 unspecified atom stereocenters. The van der Waals surface area contributed by atoms with Crippen LogP contribution in [0.25, 0.3) is 6.08 Å². The number of nitro benzene ring substituents is 1. The number of imide groups is 2. The lowest BCUT2D eigenvalue weighted by Crippen LogP contribution is -2.54. The third-order valence-corrected chi connectivity index (χ3v) is 6.72. The summed E-state index contributed by atoms with van der Waals surface area (Å²) in [4.78, 5) is 49.1. The number of halogens is 6. The molecule has 1 heterocycles. The normalized spacial score (nSPS) is 15.0. The molecule has 1 aliphatic heterocycles. The van der Waals surface area contributed by atoms with Crippen LogP contribution in [0.4, 0.5) is 29.3 Å². The van der Waals surface area contributed by atoms with Gasteiger partial charge in [0.05, 0.1) is 30.1 Å². The highest BCUT2D eigenvalue weighted by Gasteiger charge is 2.38.